The monoisotopic (exact) mass is 513 g/mol. The maximum atomic E-state index is 13.3. The van der Waals surface area contributed by atoms with Crippen LogP contribution in [0.2, 0.25) is 0 Å². The van der Waals surface area contributed by atoms with Crippen LogP contribution in [0.3, 0.4) is 0 Å². The van der Waals surface area contributed by atoms with Crippen molar-refractivity contribution in [3.8, 4) is 11.5 Å². The van der Waals surface area contributed by atoms with E-state index in [-0.39, 0.29) is 16.9 Å². The van der Waals surface area contributed by atoms with Crippen molar-refractivity contribution in [3.05, 3.63) is 62.6 Å². The predicted molar refractivity (Wildman–Crippen MR) is 138 cm³/mol. The second-order valence-electron chi connectivity index (χ2n) is 9.29. The van der Waals surface area contributed by atoms with Crippen molar-refractivity contribution < 1.29 is 9.47 Å². The number of benzene rings is 2. The summed E-state index contributed by atoms with van der Waals surface area (Å²) >= 11 is 3.44. The summed E-state index contributed by atoms with van der Waals surface area (Å²) in [7, 11) is 0. The zero-order chi connectivity index (χ0) is 24.2. The Hall–Kier alpha value is -2.67. The quantitative estimate of drug-likeness (QED) is 0.327. The maximum Gasteiger partial charge on any atom is 0.282 e. The van der Waals surface area contributed by atoms with Crippen molar-refractivity contribution in [3.63, 3.8) is 0 Å². The molecule has 0 aliphatic heterocycles. The predicted octanol–water partition coefficient (Wildman–Crippen LogP) is 6.38. The maximum absolute atomic E-state index is 13.3. The van der Waals surface area contributed by atoms with E-state index in [0.717, 1.165) is 16.5 Å². The van der Waals surface area contributed by atoms with Crippen LogP contribution in [0.4, 0.5) is 0 Å². The first-order valence-corrected chi connectivity index (χ1v) is 12.1. The van der Waals surface area contributed by atoms with E-state index in [0.29, 0.717) is 41.4 Å². The topological polar surface area (TPSA) is 65.7 Å². The molecule has 0 unspecified atom stereocenters. The van der Waals surface area contributed by atoms with Crippen molar-refractivity contribution >= 4 is 33.0 Å². The highest BCUT2D eigenvalue weighted by atomic mass is 79.9. The van der Waals surface area contributed by atoms with Crippen molar-refractivity contribution in [1.82, 2.24) is 9.66 Å². The molecule has 0 aliphatic rings. The van der Waals surface area contributed by atoms with Gasteiger partial charge in [0.05, 0.1) is 30.3 Å². The Morgan fingerprint density at radius 2 is 1.88 bits per heavy atom. The lowest BCUT2D eigenvalue weighted by Gasteiger charge is -2.20. The van der Waals surface area contributed by atoms with Crippen LogP contribution in [0.5, 0.6) is 11.5 Å². The van der Waals surface area contributed by atoms with Crippen LogP contribution in [0.1, 0.15) is 65.3 Å². The van der Waals surface area contributed by atoms with Crippen LogP contribution in [0.15, 0.2) is 50.8 Å². The lowest BCUT2D eigenvalue weighted by atomic mass is 9.99. The van der Waals surface area contributed by atoms with Gasteiger partial charge in [-0.05, 0) is 60.7 Å². The summed E-state index contributed by atoms with van der Waals surface area (Å²) in [5.41, 5.74) is 1.32. The second kappa shape index (κ2) is 10.5. The fourth-order valence-corrected chi connectivity index (χ4v) is 3.55. The van der Waals surface area contributed by atoms with E-state index < -0.39 is 0 Å². The normalized spacial score (nSPS) is 12.9. The van der Waals surface area contributed by atoms with Crippen LogP contribution in [0.25, 0.3) is 10.9 Å². The van der Waals surface area contributed by atoms with Gasteiger partial charge in [-0.3, -0.25) is 4.79 Å². The van der Waals surface area contributed by atoms with Gasteiger partial charge in [0.15, 0.2) is 11.5 Å². The molecule has 33 heavy (non-hydrogen) atoms. The first-order chi connectivity index (χ1) is 15.6. The summed E-state index contributed by atoms with van der Waals surface area (Å²) in [6, 6.07) is 11.2. The van der Waals surface area contributed by atoms with Crippen molar-refractivity contribution in [2.75, 3.05) is 13.2 Å². The van der Waals surface area contributed by atoms with Gasteiger partial charge in [0.2, 0.25) is 0 Å². The SMILES string of the molecule is CCOc1cc(C=Nn2c([C@@H](C)CC)nc3ccc(Br)cc3c2=O)ccc1OCC(C)(C)C. The molecule has 0 N–H and O–H groups in total. The standard InChI is InChI=1S/C26H32BrN3O3/c1-7-17(3)24-29-21-11-10-19(27)14-20(21)25(31)30(24)28-15-18-9-12-22(23(13-18)32-8-2)33-16-26(4,5)6/h9-15,17H,7-8,16H2,1-6H3/t17-/m0/s1. The van der Waals surface area contributed by atoms with Crippen LogP contribution in [0, 0.1) is 5.41 Å². The fourth-order valence-electron chi connectivity index (χ4n) is 3.19. The molecule has 0 spiro atoms. The lowest BCUT2D eigenvalue weighted by molar-refractivity contribution is 0.188. The number of aromatic nitrogens is 2. The van der Waals surface area contributed by atoms with E-state index >= 15 is 0 Å². The van der Waals surface area contributed by atoms with Crippen molar-refractivity contribution in [2.24, 2.45) is 10.5 Å². The van der Waals surface area contributed by atoms with E-state index in [9.17, 15) is 4.79 Å². The van der Waals surface area contributed by atoms with Gasteiger partial charge in [0, 0.05) is 10.4 Å². The molecule has 0 aliphatic carbocycles. The Kier molecular flexibility index (Phi) is 7.95. The van der Waals surface area contributed by atoms with Crippen LogP contribution >= 0.6 is 15.9 Å². The van der Waals surface area contributed by atoms with E-state index in [1.807, 2.05) is 44.2 Å². The van der Waals surface area contributed by atoms with Crippen molar-refractivity contribution in [1.29, 1.82) is 0 Å². The highest BCUT2D eigenvalue weighted by Gasteiger charge is 2.16. The highest BCUT2D eigenvalue weighted by molar-refractivity contribution is 9.10. The average molecular weight is 514 g/mol. The van der Waals surface area contributed by atoms with Gasteiger partial charge in [-0.25, -0.2) is 4.98 Å². The number of nitrogens with zero attached hydrogens (tertiary/aromatic N) is 3. The summed E-state index contributed by atoms with van der Waals surface area (Å²) in [6.45, 7) is 13.5. The van der Waals surface area contributed by atoms with Gasteiger partial charge in [-0.2, -0.15) is 9.78 Å². The molecule has 176 valence electrons. The minimum Gasteiger partial charge on any atom is -0.490 e. The molecule has 0 bridgehead atoms. The zero-order valence-electron chi connectivity index (χ0n) is 20.2. The summed E-state index contributed by atoms with van der Waals surface area (Å²) in [4.78, 5) is 18.0. The van der Waals surface area contributed by atoms with E-state index in [4.69, 9.17) is 14.5 Å². The Bertz CT molecular complexity index is 1210. The molecule has 2 aromatic carbocycles. The Morgan fingerprint density at radius 1 is 1.12 bits per heavy atom. The minimum absolute atomic E-state index is 0.0369. The molecule has 3 rings (SSSR count). The number of fused-ring (bicyclic) bond motifs is 1. The molecule has 0 saturated heterocycles. The number of ether oxygens (including phenoxy) is 2. The van der Waals surface area contributed by atoms with Crippen LogP contribution in [-0.4, -0.2) is 29.1 Å². The third-order valence-electron chi connectivity index (χ3n) is 5.14. The number of rotatable bonds is 8. The van der Waals surface area contributed by atoms with Gasteiger partial charge >= 0.3 is 0 Å². The van der Waals surface area contributed by atoms with Gasteiger partial charge in [0.25, 0.3) is 5.56 Å². The Balaban J connectivity index is 2.03. The summed E-state index contributed by atoms with van der Waals surface area (Å²) in [5.74, 6) is 2.07. The Labute approximate surface area is 203 Å². The molecule has 0 amide bonds. The molecule has 6 nitrogen and oxygen atoms in total. The first-order valence-electron chi connectivity index (χ1n) is 11.3. The first kappa shape index (κ1) is 25.0. The molecule has 3 aromatic rings. The average Bonchev–Trinajstić information content (AvgIpc) is 2.77. The van der Waals surface area contributed by atoms with Crippen molar-refractivity contribution in [2.45, 2.75) is 53.9 Å². The number of halogens is 1. The van der Waals surface area contributed by atoms with Gasteiger partial charge in [-0.1, -0.05) is 50.5 Å². The molecular weight excluding hydrogens is 482 g/mol. The van der Waals surface area contributed by atoms with Crippen LogP contribution < -0.4 is 15.0 Å². The summed E-state index contributed by atoms with van der Waals surface area (Å²) < 4.78 is 14.0. The number of hydrogen-bond acceptors (Lipinski definition) is 5. The van der Waals surface area contributed by atoms with Gasteiger partial charge < -0.3 is 9.47 Å². The minimum atomic E-state index is -0.192. The van der Waals surface area contributed by atoms with Gasteiger partial charge in [0.1, 0.15) is 5.82 Å². The molecule has 1 heterocycles. The van der Waals surface area contributed by atoms with E-state index in [2.05, 4.69) is 48.7 Å². The molecule has 0 saturated carbocycles. The van der Waals surface area contributed by atoms with Crippen LogP contribution in [-0.2, 0) is 0 Å². The largest absolute Gasteiger partial charge is 0.490 e. The number of hydrogen-bond donors (Lipinski definition) is 0. The van der Waals surface area contributed by atoms with E-state index in [1.165, 1.54) is 4.68 Å². The zero-order valence-corrected chi connectivity index (χ0v) is 21.8. The highest BCUT2D eigenvalue weighted by Crippen LogP contribution is 2.30. The molecule has 1 atom stereocenters. The molecule has 0 radical (unpaired) electrons. The third kappa shape index (κ3) is 6.22. The molecule has 0 fully saturated rings. The smallest absolute Gasteiger partial charge is 0.282 e. The van der Waals surface area contributed by atoms with Gasteiger partial charge in [-0.15, -0.1) is 0 Å². The summed E-state index contributed by atoms with van der Waals surface area (Å²) in [6.07, 6.45) is 2.51. The molecule has 7 heteroatoms. The molecule has 1 aromatic heterocycles. The Morgan fingerprint density at radius 3 is 2.55 bits per heavy atom. The fraction of sp³-hybridized carbons (Fsp3) is 0.423. The molecular formula is C26H32BrN3O3. The second-order valence-corrected chi connectivity index (χ2v) is 10.2. The van der Waals surface area contributed by atoms with E-state index in [1.54, 1.807) is 12.3 Å². The summed E-state index contributed by atoms with van der Waals surface area (Å²) in [5, 5.41) is 5.07. The lowest BCUT2D eigenvalue weighted by Crippen LogP contribution is -2.23. The third-order valence-corrected chi connectivity index (χ3v) is 5.63.